The molecule has 0 bridgehead atoms. The van der Waals surface area contributed by atoms with Crippen LogP contribution in [0.3, 0.4) is 0 Å². The maximum absolute atomic E-state index is 5.09. The summed E-state index contributed by atoms with van der Waals surface area (Å²) in [6.45, 7) is 4.07. The second-order valence-corrected chi connectivity index (χ2v) is 3.99. The van der Waals surface area contributed by atoms with Gasteiger partial charge in [-0.05, 0) is 37.6 Å². The van der Waals surface area contributed by atoms with Crippen LogP contribution in [0.25, 0.3) is 0 Å². The quantitative estimate of drug-likeness (QED) is 0.794. The highest BCUT2D eigenvalue weighted by Gasteiger charge is 1.97. The molecule has 96 valence electrons. The van der Waals surface area contributed by atoms with Crippen molar-refractivity contribution in [3.63, 3.8) is 0 Å². The van der Waals surface area contributed by atoms with Crippen LogP contribution in [-0.4, -0.2) is 14.2 Å². The standard InChI is InChI=1S/C9H12O2.C7H8/c1-7-6-8(10-2)4-5-9(7)11-3;1-7-5-3-2-4-6-7/h4-6H,1-3H3;2-6H,1H3. The van der Waals surface area contributed by atoms with E-state index >= 15 is 0 Å². The van der Waals surface area contributed by atoms with Crippen LogP contribution in [-0.2, 0) is 0 Å². The molecule has 0 spiro atoms. The average Bonchev–Trinajstić information content (AvgIpc) is 2.40. The number of hydrogen-bond donors (Lipinski definition) is 0. The number of hydrogen-bond acceptors (Lipinski definition) is 2. The summed E-state index contributed by atoms with van der Waals surface area (Å²) in [6, 6.07) is 16.0. The first-order valence-corrected chi connectivity index (χ1v) is 5.87. The molecule has 0 aliphatic carbocycles. The maximum Gasteiger partial charge on any atom is 0.122 e. The zero-order chi connectivity index (χ0) is 13.4. The van der Waals surface area contributed by atoms with Gasteiger partial charge in [0.2, 0.25) is 0 Å². The van der Waals surface area contributed by atoms with Crippen molar-refractivity contribution in [3.05, 3.63) is 59.7 Å². The minimum absolute atomic E-state index is 0.864. The molecule has 2 heteroatoms. The molecule has 0 radical (unpaired) electrons. The summed E-state index contributed by atoms with van der Waals surface area (Å²) in [5.41, 5.74) is 2.41. The highest BCUT2D eigenvalue weighted by molar-refractivity contribution is 5.39. The minimum Gasteiger partial charge on any atom is -0.497 e. The Morgan fingerprint density at radius 3 is 1.83 bits per heavy atom. The molecule has 0 unspecified atom stereocenters. The van der Waals surface area contributed by atoms with Crippen LogP contribution in [0.4, 0.5) is 0 Å². The SMILES string of the molecule is COc1ccc(OC)c(C)c1.Cc1ccccc1. The third-order valence-corrected chi connectivity index (χ3v) is 2.54. The molecule has 0 aliphatic rings. The van der Waals surface area contributed by atoms with Gasteiger partial charge in [-0.2, -0.15) is 0 Å². The van der Waals surface area contributed by atoms with Crippen LogP contribution in [0.5, 0.6) is 11.5 Å². The summed E-state index contributed by atoms with van der Waals surface area (Å²) in [5, 5.41) is 0. The zero-order valence-corrected chi connectivity index (χ0v) is 11.4. The predicted octanol–water partition coefficient (Wildman–Crippen LogP) is 4.01. The Bertz CT molecular complexity index is 464. The van der Waals surface area contributed by atoms with Gasteiger partial charge >= 0.3 is 0 Å². The molecule has 0 saturated carbocycles. The van der Waals surface area contributed by atoms with Crippen molar-refractivity contribution in [3.8, 4) is 11.5 Å². The van der Waals surface area contributed by atoms with Crippen LogP contribution in [0.15, 0.2) is 48.5 Å². The molecule has 2 nitrogen and oxygen atoms in total. The van der Waals surface area contributed by atoms with Gasteiger partial charge in [0, 0.05) is 0 Å². The molecule has 0 heterocycles. The van der Waals surface area contributed by atoms with E-state index in [4.69, 9.17) is 9.47 Å². The molecule has 2 rings (SSSR count). The monoisotopic (exact) mass is 244 g/mol. The van der Waals surface area contributed by atoms with E-state index in [1.807, 2.05) is 43.3 Å². The highest BCUT2D eigenvalue weighted by atomic mass is 16.5. The molecule has 0 aromatic heterocycles. The number of benzene rings is 2. The molecule has 18 heavy (non-hydrogen) atoms. The van der Waals surface area contributed by atoms with Gasteiger partial charge in [-0.15, -0.1) is 0 Å². The molecular formula is C16H20O2. The molecule has 0 fully saturated rings. The van der Waals surface area contributed by atoms with E-state index in [1.165, 1.54) is 5.56 Å². The number of ether oxygens (including phenoxy) is 2. The Kier molecular flexibility index (Phi) is 5.78. The second-order valence-electron chi connectivity index (χ2n) is 3.99. The first kappa shape index (κ1) is 14.1. The Balaban J connectivity index is 0.000000199. The summed E-state index contributed by atoms with van der Waals surface area (Å²) < 4.78 is 10.1. The first-order valence-electron chi connectivity index (χ1n) is 5.87. The molecule has 0 aliphatic heterocycles. The summed E-state index contributed by atoms with van der Waals surface area (Å²) in [5.74, 6) is 1.76. The number of methoxy groups -OCH3 is 2. The van der Waals surface area contributed by atoms with Crippen LogP contribution in [0, 0.1) is 13.8 Å². The molecule has 2 aromatic carbocycles. The topological polar surface area (TPSA) is 18.5 Å². The van der Waals surface area contributed by atoms with Crippen molar-refractivity contribution in [1.82, 2.24) is 0 Å². The lowest BCUT2D eigenvalue weighted by molar-refractivity contribution is 0.400. The number of aryl methyl sites for hydroxylation is 2. The fourth-order valence-electron chi connectivity index (χ4n) is 1.51. The van der Waals surface area contributed by atoms with E-state index in [1.54, 1.807) is 14.2 Å². The summed E-state index contributed by atoms with van der Waals surface area (Å²) in [7, 11) is 3.32. The lowest BCUT2D eigenvalue weighted by Gasteiger charge is -2.05. The zero-order valence-electron chi connectivity index (χ0n) is 11.4. The van der Waals surface area contributed by atoms with Crippen molar-refractivity contribution in [2.75, 3.05) is 14.2 Å². The summed E-state index contributed by atoms with van der Waals surface area (Å²) in [4.78, 5) is 0. The highest BCUT2D eigenvalue weighted by Crippen LogP contribution is 2.22. The third-order valence-electron chi connectivity index (χ3n) is 2.54. The van der Waals surface area contributed by atoms with Crippen LogP contribution in [0.1, 0.15) is 11.1 Å². The molecular weight excluding hydrogens is 224 g/mol. The smallest absolute Gasteiger partial charge is 0.122 e. The van der Waals surface area contributed by atoms with E-state index < -0.39 is 0 Å². The molecule has 0 saturated heterocycles. The van der Waals surface area contributed by atoms with Crippen molar-refractivity contribution in [1.29, 1.82) is 0 Å². The molecule has 0 N–H and O–H groups in total. The van der Waals surface area contributed by atoms with E-state index in [-0.39, 0.29) is 0 Å². The lowest BCUT2D eigenvalue weighted by Crippen LogP contribution is -1.88. The van der Waals surface area contributed by atoms with Crippen molar-refractivity contribution in [2.45, 2.75) is 13.8 Å². The largest absolute Gasteiger partial charge is 0.497 e. The van der Waals surface area contributed by atoms with Crippen LogP contribution in [0.2, 0.25) is 0 Å². The summed E-state index contributed by atoms with van der Waals surface area (Å²) >= 11 is 0. The van der Waals surface area contributed by atoms with Crippen molar-refractivity contribution >= 4 is 0 Å². The normalized spacial score (nSPS) is 9.11. The predicted molar refractivity (Wildman–Crippen MR) is 75.5 cm³/mol. The lowest BCUT2D eigenvalue weighted by atomic mass is 10.2. The van der Waals surface area contributed by atoms with Gasteiger partial charge in [0.25, 0.3) is 0 Å². The van der Waals surface area contributed by atoms with E-state index in [2.05, 4.69) is 19.1 Å². The van der Waals surface area contributed by atoms with Gasteiger partial charge in [-0.1, -0.05) is 35.9 Å². The van der Waals surface area contributed by atoms with Gasteiger partial charge < -0.3 is 9.47 Å². The van der Waals surface area contributed by atoms with E-state index in [9.17, 15) is 0 Å². The Morgan fingerprint density at radius 1 is 0.778 bits per heavy atom. The van der Waals surface area contributed by atoms with E-state index in [0.717, 1.165) is 17.1 Å². The molecule has 0 amide bonds. The number of rotatable bonds is 2. The fraction of sp³-hybridized carbons (Fsp3) is 0.250. The van der Waals surface area contributed by atoms with E-state index in [0.29, 0.717) is 0 Å². The van der Waals surface area contributed by atoms with Gasteiger partial charge in [0.15, 0.2) is 0 Å². The van der Waals surface area contributed by atoms with Gasteiger partial charge in [-0.25, -0.2) is 0 Å². The third kappa shape index (κ3) is 4.50. The Labute approximate surface area is 109 Å². The van der Waals surface area contributed by atoms with Crippen LogP contribution >= 0.6 is 0 Å². The van der Waals surface area contributed by atoms with Gasteiger partial charge in [0.1, 0.15) is 11.5 Å². The van der Waals surface area contributed by atoms with Gasteiger partial charge in [0.05, 0.1) is 14.2 Å². The first-order chi connectivity index (χ1) is 8.67. The summed E-state index contributed by atoms with van der Waals surface area (Å²) in [6.07, 6.45) is 0. The minimum atomic E-state index is 0.864. The fourth-order valence-corrected chi connectivity index (χ4v) is 1.51. The Hall–Kier alpha value is -1.96. The van der Waals surface area contributed by atoms with Crippen molar-refractivity contribution in [2.24, 2.45) is 0 Å². The van der Waals surface area contributed by atoms with Crippen molar-refractivity contribution < 1.29 is 9.47 Å². The van der Waals surface area contributed by atoms with Crippen LogP contribution < -0.4 is 9.47 Å². The Morgan fingerprint density at radius 2 is 1.44 bits per heavy atom. The molecule has 0 atom stereocenters. The second kappa shape index (κ2) is 7.38. The molecule has 2 aromatic rings. The maximum atomic E-state index is 5.09. The average molecular weight is 244 g/mol. The van der Waals surface area contributed by atoms with Gasteiger partial charge in [-0.3, -0.25) is 0 Å².